The van der Waals surface area contributed by atoms with Gasteiger partial charge in [-0.2, -0.15) is 0 Å². The lowest BCUT2D eigenvalue weighted by Gasteiger charge is -2.34. The fraction of sp³-hybridized carbons (Fsp3) is 0.929. The second-order valence-corrected chi connectivity index (χ2v) is 6.59. The van der Waals surface area contributed by atoms with Crippen molar-refractivity contribution in [2.24, 2.45) is 17.3 Å². The van der Waals surface area contributed by atoms with Gasteiger partial charge in [0.05, 0.1) is 11.0 Å². The van der Waals surface area contributed by atoms with Crippen LogP contribution in [0.4, 0.5) is 0 Å². The lowest BCUT2D eigenvalue weighted by Crippen LogP contribution is -2.46. The summed E-state index contributed by atoms with van der Waals surface area (Å²) in [6, 6.07) is 0. The van der Waals surface area contributed by atoms with E-state index in [4.69, 9.17) is 0 Å². The summed E-state index contributed by atoms with van der Waals surface area (Å²) in [5.74, 6) is -0.426. The van der Waals surface area contributed by atoms with Crippen LogP contribution >= 0.6 is 0 Å². The average molecular weight is 257 g/mol. The molecular weight excluding hydrogens is 230 g/mol. The van der Waals surface area contributed by atoms with Crippen LogP contribution in [0.3, 0.4) is 0 Å². The van der Waals surface area contributed by atoms with Gasteiger partial charge < -0.3 is 10.2 Å². The van der Waals surface area contributed by atoms with Gasteiger partial charge in [0.25, 0.3) is 0 Å². The van der Waals surface area contributed by atoms with E-state index >= 15 is 0 Å². The van der Waals surface area contributed by atoms with E-state index in [-0.39, 0.29) is 11.8 Å². The second kappa shape index (κ2) is 5.17. The Balaban J connectivity index is 2.74. The third-order valence-electron chi connectivity index (χ3n) is 4.70. The highest BCUT2D eigenvalue weighted by molar-refractivity contribution is 5.75. The maximum atomic E-state index is 11.5. The standard InChI is InChI=1S/C14H27NO3/c1-10(2)13(5,18)8-15-7-6-14(9-15,11(3)4)12(16)17/h10-11,18H,6-9H2,1-5H3,(H,16,17). The normalized spacial score (nSPS) is 28.9. The van der Waals surface area contributed by atoms with Crippen molar-refractivity contribution in [3.63, 3.8) is 0 Å². The van der Waals surface area contributed by atoms with Crippen molar-refractivity contribution in [1.29, 1.82) is 0 Å². The van der Waals surface area contributed by atoms with Crippen molar-refractivity contribution < 1.29 is 15.0 Å². The summed E-state index contributed by atoms with van der Waals surface area (Å²) in [5.41, 5.74) is -1.40. The molecule has 2 unspecified atom stereocenters. The predicted molar refractivity (Wildman–Crippen MR) is 71.4 cm³/mol. The Morgan fingerprint density at radius 3 is 2.28 bits per heavy atom. The molecule has 0 radical (unpaired) electrons. The third-order valence-corrected chi connectivity index (χ3v) is 4.70. The van der Waals surface area contributed by atoms with E-state index in [0.29, 0.717) is 19.5 Å². The lowest BCUT2D eigenvalue weighted by molar-refractivity contribution is -0.151. The van der Waals surface area contributed by atoms with E-state index < -0.39 is 17.0 Å². The van der Waals surface area contributed by atoms with Crippen LogP contribution in [0, 0.1) is 17.3 Å². The molecule has 0 spiro atoms. The van der Waals surface area contributed by atoms with Gasteiger partial charge in [-0.15, -0.1) is 0 Å². The van der Waals surface area contributed by atoms with Crippen molar-refractivity contribution in [3.8, 4) is 0 Å². The molecule has 1 aliphatic rings. The van der Waals surface area contributed by atoms with Crippen LogP contribution < -0.4 is 0 Å². The highest BCUT2D eigenvalue weighted by Crippen LogP contribution is 2.38. The van der Waals surface area contributed by atoms with Gasteiger partial charge in [-0.25, -0.2) is 0 Å². The van der Waals surface area contributed by atoms with E-state index in [1.165, 1.54) is 0 Å². The van der Waals surface area contributed by atoms with Crippen molar-refractivity contribution >= 4 is 5.97 Å². The van der Waals surface area contributed by atoms with Crippen molar-refractivity contribution in [1.82, 2.24) is 4.90 Å². The summed E-state index contributed by atoms with van der Waals surface area (Å²) in [6.45, 7) is 11.6. The van der Waals surface area contributed by atoms with Gasteiger partial charge in [-0.1, -0.05) is 27.7 Å². The zero-order valence-corrected chi connectivity index (χ0v) is 12.2. The Labute approximate surface area is 110 Å². The van der Waals surface area contributed by atoms with Crippen molar-refractivity contribution in [2.45, 2.75) is 46.6 Å². The maximum Gasteiger partial charge on any atom is 0.311 e. The first-order chi connectivity index (χ1) is 8.12. The predicted octanol–water partition coefficient (Wildman–Crippen LogP) is 1.83. The molecule has 4 heteroatoms. The quantitative estimate of drug-likeness (QED) is 0.789. The number of carboxylic acid groups (broad SMARTS) is 1. The van der Waals surface area contributed by atoms with Gasteiger partial charge in [0.15, 0.2) is 0 Å². The molecule has 0 aromatic carbocycles. The molecule has 1 rings (SSSR count). The molecule has 1 aliphatic heterocycles. The largest absolute Gasteiger partial charge is 0.481 e. The van der Waals surface area contributed by atoms with Gasteiger partial charge in [0.1, 0.15) is 0 Å². The molecule has 2 N–H and O–H groups in total. The van der Waals surface area contributed by atoms with Crippen molar-refractivity contribution in [3.05, 3.63) is 0 Å². The summed E-state index contributed by atoms with van der Waals surface area (Å²) >= 11 is 0. The van der Waals surface area contributed by atoms with E-state index in [1.807, 2.05) is 34.6 Å². The highest BCUT2D eigenvalue weighted by Gasteiger charge is 2.48. The molecule has 106 valence electrons. The molecule has 0 saturated carbocycles. The third kappa shape index (κ3) is 2.86. The number of rotatable bonds is 5. The number of aliphatic carboxylic acids is 1. The maximum absolute atomic E-state index is 11.5. The number of β-amino-alcohol motifs (C(OH)–C–C–N with tert-alkyl or cyclic N) is 1. The molecule has 1 fully saturated rings. The van der Waals surface area contributed by atoms with Crippen LogP contribution in [0.25, 0.3) is 0 Å². The van der Waals surface area contributed by atoms with Crippen molar-refractivity contribution in [2.75, 3.05) is 19.6 Å². The Morgan fingerprint density at radius 1 is 1.39 bits per heavy atom. The number of carbonyl (C=O) groups is 1. The van der Waals surface area contributed by atoms with Crippen LogP contribution in [0.5, 0.6) is 0 Å². The number of aliphatic hydroxyl groups is 1. The number of nitrogens with zero attached hydrogens (tertiary/aromatic N) is 1. The number of likely N-dealkylation sites (tertiary alicyclic amines) is 1. The first-order valence-electron chi connectivity index (χ1n) is 6.80. The molecule has 1 heterocycles. The minimum Gasteiger partial charge on any atom is -0.481 e. The molecule has 0 aliphatic carbocycles. The minimum absolute atomic E-state index is 0.115. The first kappa shape index (κ1) is 15.4. The molecular formula is C14H27NO3. The first-order valence-corrected chi connectivity index (χ1v) is 6.80. The van der Waals surface area contributed by atoms with E-state index in [9.17, 15) is 15.0 Å². The van der Waals surface area contributed by atoms with E-state index in [0.717, 1.165) is 6.54 Å². The van der Waals surface area contributed by atoms with Gasteiger partial charge in [-0.3, -0.25) is 9.69 Å². The summed E-state index contributed by atoms with van der Waals surface area (Å²) in [6.07, 6.45) is 0.675. The van der Waals surface area contributed by atoms with Crippen LogP contribution in [0.2, 0.25) is 0 Å². The molecule has 0 aromatic rings. The SMILES string of the molecule is CC(C)C(C)(O)CN1CCC(C(=O)O)(C(C)C)C1. The van der Waals surface area contributed by atoms with Gasteiger partial charge in [0, 0.05) is 13.1 Å². The smallest absolute Gasteiger partial charge is 0.311 e. The number of hydrogen-bond acceptors (Lipinski definition) is 3. The summed E-state index contributed by atoms with van der Waals surface area (Å²) in [5, 5.41) is 19.8. The monoisotopic (exact) mass is 257 g/mol. The average Bonchev–Trinajstić information content (AvgIpc) is 2.62. The van der Waals surface area contributed by atoms with Crippen LogP contribution in [-0.2, 0) is 4.79 Å². The fourth-order valence-electron chi connectivity index (χ4n) is 2.58. The molecule has 0 aromatic heterocycles. The van der Waals surface area contributed by atoms with Crippen LogP contribution in [-0.4, -0.2) is 46.3 Å². The van der Waals surface area contributed by atoms with E-state index in [2.05, 4.69) is 4.90 Å². The molecule has 0 amide bonds. The Hall–Kier alpha value is -0.610. The van der Waals surface area contributed by atoms with Gasteiger partial charge in [-0.05, 0) is 31.7 Å². The summed E-state index contributed by atoms with van der Waals surface area (Å²) < 4.78 is 0. The topological polar surface area (TPSA) is 60.8 Å². The molecule has 2 atom stereocenters. The molecule has 1 saturated heterocycles. The minimum atomic E-state index is -0.758. The number of carboxylic acids is 1. The van der Waals surface area contributed by atoms with Gasteiger partial charge in [0.2, 0.25) is 0 Å². The lowest BCUT2D eigenvalue weighted by atomic mass is 9.76. The molecule has 0 bridgehead atoms. The second-order valence-electron chi connectivity index (χ2n) is 6.59. The number of hydrogen-bond donors (Lipinski definition) is 2. The van der Waals surface area contributed by atoms with Gasteiger partial charge >= 0.3 is 5.97 Å². The van der Waals surface area contributed by atoms with Crippen LogP contribution in [0.1, 0.15) is 41.0 Å². The molecule has 18 heavy (non-hydrogen) atoms. The Morgan fingerprint density at radius 2 is 1.94 bits per heavy atom. The zero-order valence-electron chi connectivity index (χ0n) is 12.2. The fourth-order valence-corrected chi connectivity index (χ4v) is 2.58. The summed E-state index contributed by atoms with van der Waals surface area (Å²) in [4.78, 5) is 13.6. The summed E-state index contributed by atoms with van der Waals surface area (Å²) in [7, 11) is 0. The Bertz CT molecular complexity index is 312. The molecule has 4 nitrogen and oxygen atoms in total. The Kier molecular flexibility index (Phi) is 4.44. The highest BCUT2D eigenvalue weighted by atomic mass is 16.4. The van der Waals surface area contributed by atoms with Crippen LogP contribution in [0.15, 0.2) is 0 Å². The van der Waals surface area contributed by atoms with E-state index in [1.54, 1.807) is 0 Å². The zero-order chi connectivity index (χ0) is 14.1.